The van der Waals surface area contributed by atoms with Gasteiger partial charge in [0.1, 0.15) is 5.15 Å². The first-order valence-electron chi connectivity index (χ1n) is 4.26. The van der Waals surface area contributed by atoms with Gasteiger partial charge in [0, 0.05) is 16.5 Å². The molecule has 0 unspecified atom stereocenters. The fraction of sp³-hybridized carbons (Fsp3) is 0.200. The molecule has 2 aromatic rings. The van der Waals surface area contributed by atoms with Crippen molar-refractivity contribution in [3.05, 3.63) is 27.9 Å². The summed E-state index contributed by atoms with van der Waals surface area (Å²) >= 11 is 7.30. The number of fused-ring (bicyclic) bond motifs is 1. The molecule has 0 aromatic carbocycles. The summed E-state index contributed by atoms with van der Waals surface area (Å²) < 4.78 is 5.67. The van der Waals surface area contributed by atoms with Crippen molar-refractivity contribution in [2.24, 2.45) is 0 Å². The van der Waals surface area contributed by atoms with E-state index in [-0.39, 0.29) is 5.97 Å². The van der Waals surface area contributed by atoms with E-state index in [1.165, 1.54) is 18.4 Å². The number of rotatable bonds is 1. The van der Waals surface area contributed by atoms with Crippen LogP contribution in [0.25, 0.3) is 10.1 Å². The first kappa shape index (κ1) is 10.4. The van der Waals surface area contributed by atoms with Gasteiger partial charge in [-0.1, -0.05) is 11.6 Å². The van der Waals surface area contributed by atoms with Crippen molar-refractivity contribution in [1.82, 2.24) is 4.98 Å². The highest BCUT2D eigenvalue weighted by Gasteiger charge is 2.17. The molecule has 2 heterocycles. The highest BCUT2D eigenvalue weighted by atomic mass is 35.5. The van der Waals surface area contributed by atoms with Crippen molar-refractivity contribution in [2.75, 3.05) is 7.11 Å². The number of carbonyl (C=O) groups excluding carboxylic acids is 1. The van der Waals surface area contributed by atoms with Gasteiger partial charge in [0.25, 0.3) is 0 Å². The third kappa shape index (κ3) is 1.70. The number of thiophene rings is 1. The summed E-state index contributed by atoms with van der Waals surface area (Å²) in [7, 11) is 1.37. The van der Waals surface area contributed by atoms with Gasteiger partial charge in [-0.3, -0.25) is 0 Å². The zero-order valence-electron chi connectivity index (χ0n) is 8.20. The Bertz CT molecular complexity index is 535. The van der Waals surface area contributed by atoms with Crippen LogP contribution in [0.2, 0.25) is 5.15 Å². The molecular weight excluding hydrogens is 234 g/mol. The van der Waals surface area contributed by atoms with Gasteiger partial charge < -0.3 is 4.74 Å². The zero-order chi connectivity index (χ0) is 11.0. The first-order chi connectivity index (χ1) is 7.13. The summed E-state index contributed by atoms with van der Waals surface area (Å²) in [6.07, 6.45) is 1.67. The molecule has 15 heavy (non-hydrogen) atoms. The van der Waals surface area contributed by atoms with Crippen LogP contribution in [0.1, 0.15) is 15.2 Å². The van der Waals surface area contributed by atoms with Gasteiger partial charge in [-0.05, 0) is 13.0 Å². The lowest BCUT2D eigenvalue weighted by molar-refractivity contribution is 0.0603. The molecule has 0 saturated carbocycles. The molecule has 78 valence electrons. The molecule has 3 nitrogen and oxygen atoms in total. The third-order valence-electron chi connectivity index (χ3n) is 2.11. The Morgan fingerprint density at radius 2 is 2.33 bits per heavy atom. The molecule has 0 bridgehead atoms. The molecule has 0 spiro atoms. The molecule has 5 heteroatoms. The highest BCUT2D eigenvalue weighted by Crippen LogP contribution is 2.31. The van der Waals surface area contributed by atoms with Gasteiger partial charge in [0.15, 0.2) is 0 Å². The number of carbonyl (C=O) groups is 1. The minimum atomic E-state index is -0.332. The molecule has 0 amide bonds. The predicted octanol–water partition coefficient (Wildman–Crippen LogP) is 3.04. The van der Waals surface area contributed by atoms with Gasteiger partial charge in [-0.15, -0.1) is 11.3 Å². The average molecular weight is 242 g/mol. The van der Waals surface area contributed by atoms with Crippen LogP contribution in [-0.4, -0.2) is 18.1 Å². The Morgan fingerprint density at radius 1 is 1.60 bits per heavy atom. The van der Waals surface area contributed by atoms with E-state index in [1.807, 2.05) is 6.92 Å². The van der Waals surface area contributed by atoms with Crippen LogP contribution < -0.4 is 0 Å². The Labute approximate surface area is 95.6 Å². The zero-order valence-corrected chi connectivity index (χ0v) is 9.78. The Balaban J connectivity index is 2.76. The number of aryl methyl sites for hydroxylation is 1. The van der Waals surface area contributed by atoms with Crippen LogP contribution in [0.3, 0.4) is 0 Å². The number of nitrogens with zero attached hydrogens (tertiary/aromatic N) is 1. The van der Waals surface area contributed by atoms with E-state index in [2.05, 4.69) is 4.98 Å². The summed E-state index contributed by atoms with van der Waals surface area (Å²) in [4.78, 5) is 16.4. The summed E-state index contributed by atoms with van der Waals surface area (Å²) in [5, 5.41) is 1.19. The minimum absolute atomic E-state index is 0.332. The molecule has 0 aliphatic heterocycles. The second-order valence-corrected chi connectivity index (χ2v) is 4.67. The van der Waals surface area contributed by atoms with Crippen LogP contribution in [0.4, 0.5) is 0 Å². The topological polar surface area (TPSA) is 39.2 Å². The van der Waals surface area contributed by atoms with Crippen molar-refractivity contribution in [3.8, 4) is 0 Å². The maximum atomic E-state index is 11.5. The average Bonchev–Trinajstić information content (AvgIpc) is 2.52. The molecule has 0 aliphatic carbocycles. The van der Waals surface area contributed by atoms with E-state index < -0.39 is 0 Å². The van der Waals surface area contributed by atoms with Crippen LogP contribution >= 0.6 is 22.9 Å². The Hall–Kier alpha value is -1.13. The number of esters is 1. The van der Waals surface area contributed by atoms with Crippen LogP contribution in [-0.2, 0) is 4.74 Å². The standard InChI is InChI=1S/C10H8ClNO2S/c1-5-9(10(13)14-2)6-3-8(11)12-4-7(6)15-5/h3-4H,1-2H3. The largest absolute Gasteiger partial charge is 0.465 e. The molecular formula is C10H8ClNO2S. The van der Waals surface area contributed by atoms with Gasteiger partial charge in [0.05, 0.1) is 17.4 Å². The molecule has 0 radical (unpaired) electrons. The Kier molecular flexibility index (Phi) is 2.63. The normalized spacial score (nSPS) is 10.6. The fourth-order valence-corrected chi connectivity index (χ4v) is 2.61. The van der Waals surface area contributed by atoms with Gasteiger partial charge in [-0.25, -0.2) is 9.78 Å². The number of hydrogen-bond acceptors (Lipinski definition) is 4. The van der Waals surface area contributed by atoms with E-state index in [0.717, 1.165) is 15.0 Å². The maximum Gasteiger partial charge on any atom is 0.339 e. The van der Waals surface area contributed by atoms with E-state index in [4.69, 9.17) is 16.3 Å². The van der Waals surface area contributed by atoms with Crippen molar-refractivity contribution < 1.29 is 9.53 Å². The third-order valence-corrected chi connectivity index (χ3v) is 3.37. The lowest BCUT2D eigenvalue weighted by atomic mass is 10.2. The summed E-state index contributed by atoms with van der Waals surface area (Å²) in [5.41, 5.74) is 0.585. The lowest BCUT2D eigenvalue weighted by Crippen LogP contribution is -2.01. The number of pyridine rings is 1. The minimum Gasteiger partial charge on any atom is -0.465 e. The predicted molar refractivity (Wildman–Crippen MR) is 60.7 cm³/mol. The van der Waals surface area contributed by atoms with Gasteiger partial charge in [0.2, 0.25) is 0 Å². The van der Waals surface area contributed by atoms with E-state index >= 15 is 0 Å². The van der Waals surface area contributed by atoms with Crippen molar-refractivity contribution in [3.63, 3.8) is 0 Å². The quantitative estimate of drug-likeness (QED) is 0.569. The van der Waals surface area contributed by atoms with E-state index in [0.29, 0.717) is 10.7 Å². The molecule has 0 N–H and O–H groups in total. The second-order valence-electron chi connectivity index (χ2n) is 3.03. The van der Waals surface area contributed by atoms with Gasteiger partial charge in [-0.2, -0.15) is 0 Å². The van der Waals surface area contributed by atoms with Gasteiger partial charge >= 0.3 is 5.97 Å². The van der Waals surface area contributed by atoms with Crippen molar-refractivity contribution >= 4 is 39.0 Å². The molecule has 2 rings (SSSR count). The van der Waals surface area contributed by atoms with Crippen LogP contribution in [0.5, 0.6) is 0 Å². The monoisotopic (exact) mass is 241 g/mol. The highest BCUT2D eigenvalue weighted by molar-refractivity contribution is 7.19. The molecule has 2 aromatic heterocycles. The number of ether oxygens (including phenoxy) is 1. The van der Waals surface area contributed by atoms with Crippen LogP contribution in [0.15, 0.2) is 12.3 Å². The second kappa shape index (κ2) is 3.79. The fourth-order valence-electron chi connectivity index (χ4n) is 1.46. The maximum absolute atomic E-state index is 11.5. The lowest BCUT2D eigenvalue weighted by Gasteiger charge is -1.98. The number of methoxy groups -OCH3 is 1. The molecule has 0 saturated heterocycles. The summed E-state index contributed by atoms with van der Waals surface area (Å²) in [6.45, 7) is 1.88. The number of aromatic nitrogens is 1. The summed E-state index contributed by atoms with van der Waals surface area (Å²) in [5.74, 6) is -0.332. The molecule has 0 fully saturated rings. The van der Waals surface area contributed by atoms with E-state index in [1.54, 1.807) is 12.3 Å². The summed E-state index contributed by atoms with van der Waals surface area (Å²) in [6, 6.07) is 1.69. The van der Waals surface area contributed by atoms with E-state index in [9.17, 15) is 4.79 Å². The molecule has 0 atom stereocenters. The number of halogens is 1. The SMILES string of the molecule is COC(=O)c1c(C)sc2cnc(Cl)cc12. The van der Waals surface area contributed by atoms with Crippen molar-refractivity contribution in [2.45, 2.75) is 6.92 Å². The first-order valence-corrected chi connectivity index (χ1v) is 5.46. The van der Waals surface area contributed by atoms with Crippen LogP contribution in [0, 0.1) is 6.92 Å². The number of hydrogen-bond donors (Lipinski definition) is 0. The van der Waals surface area contributed by atoms with Crippen molar-refractivity contribution in [1.29, 1.82) is 0 Å². The Morgan fingerprint density at radius 3 is 3.00 bits per heavy atom. The smallest absolute Gasteiger partial charge is 0.339 e. The molecule has 0 aliphatic rings.